The van der Waals surface area contributed by atoms with E-state index in [9.17, 15) is 9.59 Å². The van der Waals surface area contributed by atoms with Gasteiger partial charge in [0.15, 0.2) is 11.5 Å². The van der Waals surface area contributed by atoms with Gasteiger partial charge in [-0.15, -0.1) is 0 Å². The van der Waals surface area contributed by atoms with Crippen LogP contribution in [0.5, 0.6) is 11.5 Å². The average Bonchev–Trinajstić information content (AvgIpc) is 3.28. The molecule has 0 spiro atoms. The van der Waals surface area contributed by atoms with Crippen LogP contribution in [0.1, 0.15) is 18.0 Å². The zero-order valence-electron chi connectivity index (χ0n) is 16.3. The van der Waals surface area contributed by atoms with Gasteiger partial charge in [-0.25, -0.2) is 4.68 Å². The molecule has 0 saturated heterocycles. The van der Waals surface area contributed by atoms with Crippen molar-refractivity contribution < 1.29 is 19.1 Å². The summed E-state index contributed by atoms with van der Waals surface area (Å²) in [7, 11) is 0. The monoisotopic (exact) mass is 404 g/mol. The third-order valence-corrected chi connectivity index (χ3v) is 5.20. The van der Waals surface area contributed by atoms with Crippen molar-refractivity contribution >= 4 is 23.3 Å². The molecule has 0 fully saturated rings. The number of aryl methyl sites for hydroxylation is 1. The topological polar surface area (TPSA) is 94.5 Å². The molecule has 0 bridgehead atoms. The van der Waals surface area contributed by atoms with Gasteiger partial charge in [-0.2, -0.15) is 5.10 Å². The molecule has 30 heavy (non-hydrogen) atoms. The molecule has 2 aliphatic rings. The lowest BCUT2D eigenvalue weighted by Gasteiger charge is -2.19. The third-order valence-electron chi connectivity index (χ3n) is 5.20. The van der Waals surface area contributed by atoms with Gasteiger partial charge in [0.25, 0.3) is 5.91 Å². The number of carbonyl (C=O) groups excluding carboxylic acids is 2. The van der Waals surface area contributed by atoms with E-state index in [4.69, 9.17) is 9.47 Å². The van der Waals surface area contributed by atoms with E-state index in [1.54, 1.807) is 29.1 Å². The number of nitrogens with zero attached hydrogens (tertiary/aromatic N) is 2. The summed E-state index contributed by atoms with van der Waals surface area (Å²) in [6.45, 7) is 2.99. The Kier molecular flexibility index (Phi) is 4.39. The average molecular weight is 404 g/mol. The van der Waals surface area contributed by atoms with Crippen LogP contribution in [0, 0.1) is 6.92 Å². The maximum absolute atomic E-state index is 12.6. The number of aromatic nitrogens is 2. The molecule has 2 amide bonds. The molecule has 3 aromatic rings. The van der Waals surface area contributed by atoms with E-state index in [1.165, 1.54) is 0 Å². The number of fused-ring (bicyclic) bond motifs is 2. The first-order chi connectivity index (χ1) is 14.6. The molecule has 1 aromatic heterocycles. The number of amides is 2. The maximum Gasteiger partial charge on any atom is 0.251 e. The van der Waals surface area contributed by atoms with Crippen molar-refractivity contribution in [3.8, 4) is 22.6 Å². The van der Waals surface area contributed by atoms with E-state index >= 15 is 0 Å². The highest BCUT2D eigenvalue weighted by Crippen LogP contribution is 2.36. The molecule has 2 aromatic carbocycles. The van der Waals surface area contributed by atoms with Crippen molar-refractivity contribution in [1.29, 1.82) is 0 Å². The predicted molar refractivity (Wildman–Crippen MR) is 111 cm³/mol. The number of ether oxygens (including phenoxy) is 2. The molecule has 8 heteroatoms. The lowest BCUT2D eigenvalue weighted by Crippen LogP contribution is -2.23. The predicted octanol–water partition coefficient (Wildman–Crippen LogP) is 3.15. The zero-order chi connectivity index (χ0) is 20.7. The highest BCUT2D eigenvalue weighted by atomic mass is 16.6. The smallest absolute Gasteiger partial charge is 0.251 e. The first kappa shape index (κ1) is 18.2. The van der Waals surface area contributed by atoms with Crippen molar-refractivity contribution in [2.24, 2.45) is 0 Å². The molecule has 0 aliphatic carbocycles. The van der Waals surface area contributed by atoms with Gasteiger partial charge in [0, 0.05) is 17.3 Å². The fraction of sp³-hybridized carbons (Fsp3) is 0.227. The molecule has 5 rings (SSSR count). The molecular formula is C22H20N4O4. The fourth-order valence-electron chi connectivity index (χ4n) is 3.67. The molecule has 2 aliphatic heterocycles. The maximum atomic E-state index is 12.6. The van der Waals surface area contributed by atoms with Crippen LogP contribution in [0.25, 0.3) is 11.1 Å². The van der Waals surface area contributed by atoms with Crippen LogP contribution in [-0.4, -0.2) is 34.8 Å². The van der Waals surface area contributed by atoms with E-state index < -0.39 is 6.04 Å². The molecule has 2 N–H and O–H groups in total. The van der Waals surface area contributed by atoms with Crippen molar-refractivity contribution in [2.75, 3.05) is 23.8 Å². The number of nitrogens with one attached hydrogen (secondary N) is 2. The van der Waals surface area contributed by atoms with Gasteiger partial charge in [-0.3, -0.25) is 9.59 Å². The van der Waals surface area contributed by atoms with Crippen molar-refractivity contribution in [3.63, 3.8) is 0 Å². The number of hydrogen-bond donors (Lipinski definition) is 2. The fourth-order valence-corrected chi connectivity index (χ4v) is 3.67. The summed E-state index contributed by atoms with van der Waals surface area (Å²) < 4.78 is 12.6. The Morgan fingerprint density at radius 1 is 1.17 bits per heavy atom. The minimum Gasteiger partial charge on any atom is -0.486 e. The second kappa shape index (κ2) is 7.22. The van der Waals surface area contributed by atoms with Crippen molar-refractivity contribution in [3.05, 3.63) is 54.2 Å². The normalized spacial score (nSPS) is 16.7. The molecule has 8 nitrogen and oxygen atoms in total. The van der Waals surface area contributed by atoms with Crippen molar-refractivity contribution in [2.45, 2.75) is 19.4 Å². The van der Waals surface area contributed by atoms with Crippen LogP contribution in [-0.2, 0) is 9.59 Å². The van der Waals surface area contributed by atoms with Crippen LogP contribution in [0.2, 0.25) is 0 Å². The standard InChI is InChI=1S/C22H20N4O4/c1-13-2-4-14(5-3-13)16-12-23-26-17(22(28)25-21(16)26)11-20(27)24-15-6-7-18-19(10-15)30-9-8-29-18/h2-7,10,12,17H,8-9,11H2,1H3,(H,24,27)(H,25,28). The Morgan fingerprint density at radius 2 is 1.93 bits per heavy atom. The number of carbonyl (C=O) groups is 2. The minimum absolute atomic E-state index is 0.0255. The minimum atomic E-state index is -0.698. The summed E-state index contributed by atoms with van der Waals surface area (Å²) in [5.41, 5.74) is 3.53. The Labute approximate surface area is 172 Å². The first-order valence-electron chi connectivity index (χ1n) is 9.73. The quantitative estimate of drug-likeness (QED) is 0.697. The lowest BCUT2D eigenvalue weighted by atomic mass is 10.1. The molecule has 1 unspecified atom stereocenters. The summed E-state index contributed by atoms with van der Waals surface area (Å²) in [6, 6.07) is 12.5. The second-order valence-electron chi connectivity index (χ2n) is 7.33. The Bertz CT molecular complexity index is 1140. The molecule has 1 atom stereocenters. The van der Waals surface area contributed by atoms with Gasteiger partial charge >= 0.3 is 0 Å². The highest BCUT2D eigenvalue weighted by Gasteiger charge is 2.35. The SMILES string of the molecule is Cc1ccc(-c2cnn3c2NC(=O)C3CC(=O)Nc2ccc3c(c2)OCCO3)cc1. The first-order valence-corrected chi connectivity index (χ1v) is 9.73. The second-order valence-corrected chi connectivity index (χ2v) is 7.33. The van der Waals surface area contributed by atoms with Crippen LogP contribution >= 0.6 is 0 Å². The summed E-state index contributed by atoms with van der Waals surface area (Å²) in [5.74, 6) is 1.32. The van der Waals surface area contributed by atoms with Gasteiger partial charge in [0.2, 0.25) is 5.91 Å². The van der Waals surface area contributed by atoms with Gasteiger partial charge in [0.1, 0.15) is 25.1 Å². The molecule has 0 radical (unpaired) electrons. The Balaban J connectivity index is 1.32. The molecular weight excluding hydrogens is 384 g/mol. The van der Waals surface area contributed by atoms with Crippen LogP contribution in [0.3, 0.4) is 0 Å². The van der Waals surface area contributed by atoms with Crippen LogP contribution in [0.15, 0.2) is 48.7 Å². The molecule has 0 saturated carbocycles. The van der Waals surface area contributed by atoms with Gasteiger partial charge < -0.3 is 20.1 Å². The Hall–Kier alpha value is -3.81. The number of anilines is 2. The summed E-state index contributed by atoms with van der Waals surface area (Å²) in [5, 5.41) is 10.0. The van der Waals surface area contributed by atoms with E-state index in [2.05, 4.69) is 15.7 Å². The Morgan fingerprint density at radius 3 is 2.73 bits per heavy atom. The van der Waals surface area contributed by atoms with Gasteiger partial charge in [-0.05, 0) is 24.6 Å². The zero-order valence-corrected chi connectivity index (χ0v) is 16.3. The van der Waals surface area contributed by atoms with E-state index in [0.717, 1.165) is 16.7 Å². The summed E-state index contributed by atoms with van der Waals surface area (Å²) >= 11 is 0. The number of hydrogen-bond acceptors (Lipinski definition) is 5. The lowest BCUT2D eigenvalue weighted by molar-refractivity contribution is -0.123. The number of benzene rings is 2. The van der Waals surface area contributed by atoms with Crippen molar-refractivity contribution in [1.82, 2.24) is 9.78 Å². The van der Waals surface area contributed by atoms with Crippen LogP contribution in [0.4, 0.5) is 11.5 Å². The molecule has 152 valence electrons. The molecule has 3 heterocycles. The van der Waals surface area contributed by atoms with Crippen LogP contribution < -0.4 is 20.1 Å². The van der Waals surface area contributed by atoms with E-state index in [0.29, 0.717) is 36.2 Å². The number of rotatable bonds is 4. The van der Waals surface area contributed by atoms with Gasteiger partial charge in [0.05, 0.1) is 12.6 Å². The largest absolute Gasteiger partial charge is 0.486 e. The highest BCUT2D eigenvalue weighted by molar-refractivity contribution is 6.04. The van der Waals surface area contributed by atoms with Gasteiger partial charge in [-0.1, -0.05) is 29.8 Å². The van der Waals surface area contributed by atoms with E-state index in [-0.39, 0.29) is 18.2 Å². The third kappa shape index (κ3) is 3.26. The van der Waals surface area contributed by atoms with E-state index in [1.807, 2.05) is 31.2 Å². The summed E-state index contributed by atoms with van der Waals surface area (Å²) in [6.07, 6.45) is 1.69. The summed E-state index contributed by atoms with van der Waals surface area (Å²) in [4.78, 5) is 25.1.